The predicted octanol–water partition coefficient (Wildman–Crippen LogP) is 2.83. The normalized spacial score (nSPS) is 15.6. The van der Waals surface area contributed by atoms with Crippen molar-refractivity contribution >= 4 is 0 Å². The minimum absolute atomic E-state index is 0.0123. The Morgan fingerprint density at radius 2 is 1.76 bits per heavy atom. The van der Waals surface area contributed by atoms with Gasteiger partial charge in [-0.15, -0.1) is 0 Å². The third-order valence-corrected chi connectivity index (χ3v) is 2.37. The fourth-order valence-electron chi connectivity index (χ4n) is 1.66. The standard InChI is InChI=1S/C12H16F3NO/c1-8(16)7-9-3-5-10(6-4-9)11(17-2)12(13,14)15/h3-6,8,11H,7,16H2,1-2H3. The molecule has 0 aliphatic rings. The number of hydrogen-bond acceptors (Lipinski definition) is 2. The summed E-state index contributed by atoms with van der Waals surface area (Å²) in [5.74, 6) is 0. The van der Waals surface area contributed by atoms with E-state index in [-0.39, 0.29) is 11.6 Å². The molecule has 0 saturated carbocycles. The number of rotatable bonds is 4. The van der Waals surface area contributed by atoms with Gasteiger partial charge in [0.05, 0.1) is 0 Å². The van der Waals surface area contributed by atoms with E-state index in [2.05, 4.69) is 4.74 Å². The molecule has 2 nitrogen and oxygen atoms in total. The molecular formula is C12H16F3NO. The zero-order chi connectivity index (χ0) is 13.1. The maximum Gasteiger partial charge on any atom is 0.418 e. The number of ether oxygens (including phenoxy) is 1. The van der Waals surface area contributed by atoms with Gasteiger partial charge in [-0.25, -0.2) is 0 Å². The zero-order valence-corrected chi connectivity index (χ0v) is 9.79. The average molecular weight is 247 g/mol. The van der Waals surface area contributed by atoms with E-state index in [9.17, 15) is 13.2 Å². The molecule has 0 aromatic heterocycles. The van der Waals surface area contributed by atoms with Gasteiger partial charge in [0.2, 0.25) is 0 Å². The highest BCUT2D eigenvalue weighted by Gasteiger charge is 2.41. The molecule has 2 unspecified atom stereocenters. The second kappa shape index (κ2) is 5.51. The van der Waals surface area contributed by atoms with E-state index >= 15 is 0 Å². The Bertz CT molecular complexity index is 346. The molecule has 2 atom stereocenters. The fraction of sp³-hybridized carbons (Fsp3) is 0.500. The number of methoxy groups -OCH3 is 1. The van der Waals surface area contributed by atoms with Crippen molar-refractivity contribution in [2.24, 2.45) is 5.73 Å². The number of alkyl halides is 3. The molecule has 0 aliphatic carbocycles. The van der Waals surface area contributed by atoms with Gasteiger partial charge in [-0.05, 0) is 24.5 Å². The van der Waals surface area contributed by atoms with E-state index in [0.717, 1.165) is 12.7 Å². The number of nitrogens with two attached hydrogens (primary N) is 1. The highest BCUT2D eigenvalue weighted by Crippen LogP contribution is 2.35. The van der Waals surface area contributed by atoms with Crippen molar-refractivity contribution in [1.29, 1.82) is 0 Å². The van der Waals surface area contributed by atoms with Crippen LogP contribution in [-0.2, 0) is 11.2 Å². The first kappa shape index (κ1) is 14.0. The highest BCUT2D eigenvalue weighted by molar-refractivity contribution is 5.25. The lowest BCUT2D eigenvalue weighted by Gasteiger charge is -2.19. The predicted molar refractivity (Wildman–Crippen MR) is 59.6 cm³/mol. The van der Waals surface area contributed by atoms with Crippen molar-refractivity contribution in [3.8, 4) is 0 Å². The van der Waals surface area contributed by atoms with Crippen LogP contribution >= 0.6 is 0 Å². The largest absolute Gasteiger partial charge is 0.418 e. The van der Waals surface area contributed by atoms with Crippen LogP contribution in [0.15, 0.2) is 24.3 Å². The van der Waals surface area contributed by atoms with Crippen molar-refractivity contribution in [2.75, 3.05) is 7.11 Å². The molecule has 0 aliphatic heterocycles. The lowest BCUT2D eigenvalue weighted by molar-refractivity contribution is -0.215. The monoisotopic (exact) mass is 247 g/mol. The molecule has 1 aromatic carbocycles. The lowest BCUT2D eigenvalue weighted by Crippen LogP contribution is -2.22. The maximum atomic E-state index is 12.6. The van der Waals surface area contributed by atoms with E-state index < -0.39 is 12.3 Å². The summed E-state index contributed by atoms with van der Waals surface area (Å²) in [6.45, 7) is 1.85. The summed E-state index contributed by atoms with van der Waals surface area (Å²) in [5, 5.41) is 0. The highest BCUT2D eigenvalue weighted by atomic mass is 19.4. The van der Waals surface area contributed by atoms with E-state index in [4.69, 9.17) is 5.73 Å². The van der Waals surface area contributed by atoms with E-state index in [0.29, 0.717) is 6.42 Å². The molecular weight excluding hydrogens is 231 g/mol. The van der Waals surface area contributed by atoms with Gasteiger partial charge >= 0.3 is 6.18 Å². The molecule has 1 rings (SSSR count). The summed E-state index contributed by atoms with van der Waals surface area (Å²) in [6.07, 6.45) is -5.62. The number of benzene rings is 1. The van der Waals surface area contributed by atoms with Crippen molar-refractivity contribution < 1.29 is 17.9 Å². The Kier molecular flexibility index (Phi) is 4.54. The summed E-state index contributed by atoms with van der Waals surface area (Å²) in [6, 6.07) is 6.15. The summed E-state index contributed by atoms with van der Waals surface area (Å²) in [4.78, 5) is 0. The second-order valence-corrected chi connectivity index (χ2v) is 4.08. The van der Waals surface area contributed by atoms with Crippen molar-refractivity contribution in [3.63, 3.8) is 0 Å². The first-order chi connectivity index (χ1) is 7.84. The third kappa shape index (κ3) is 4.02. The van der Waals surface area contributed by atoms with Crippen LogP contribution < -0.4 is 5.73 Å². The topological polar surface area (TPSA) is 35.2 Å². The van der Waals surface area contributed by atoms with Crippen molar-refractivity contribution in [1.82, 2.24) is 0 Å². The van der Waals surface area contributed by atoms with Gasteiger partial charge in [-0.3, -0.25) is 0 Å². The van der Waals surface area contributed by atoms with E-state index in [1.54, 1.807) is 12.1 Å². The van der Waals surface area contributed by atoms with Crippen LogP contribution in [0.25, 0.3) is 0 Å². The first-order valence-corrected chi connectivity index (χ1v) is 5.28. The Morgan fingerprint density at radius 3 is 2.12 bits per heavy atom. The molecule has 0 radical (unpaired) electrons. The molecule has 1 aromatic rings. The Hall–Kier alpha value is -1.07. The van der Waals surface area contributed by atoms with Gasteiger partial charge in [-0.2, -0.15) is 13.2 Å². The molecule has 0 spiro atoms. The number of hydrogen-bond donors (Lipinski definition) is 1. The Labute approximate surface area is 98.6 Å². The van der Waals surface area contributed by atoms with Crippen LogP contribution in [0.5, 0.6) is 0 Å². The summed E-state index contributed by atoms with van der Waals surface area (Å²) in [7, 11) is 1.05. The van der Waals surface area contributed by atoms with Crippen LogP contribution in [0, 0.1) is 0 Å². The fourth-order valence-corrected chi connectivity index (χ4v) is 1.66. The van der Waals surface area contributed by atoms with Crippen LogP contribution in [0.2, 0.25) is 0 Å². The molecule has 96 valence electrons. The van der Waals surface area contributed by atoms with E-state index in [1.807, 2.05) is 6.92 Å². The van der Waals surface area contributed by atoms with Crippen LogP contribution in [0.1, 0.15) is 24.2 Å². The molecule has 5 heteroatoms. The third-order valence-electron chi connectivity index (χ3n) is 2.37. The molecule has 2 N–H and O–H groups in total. The molecule has 0 bridgehead atoms. The van der Waals surface area contributed by atoms with Gasteiger partial charge in [0, 0.05) is 13.2 Å². The van der Waals surface area contributed by atoms with Gasteiger partial charge in [-0.1, -0.05) is 24.3 Å². The maximum absolute atomic E-state index is 12.6. The smallest absolute Gasteiger partial charge is 0.367 e. The minimum Gasteiger partial charge on any atom is -0.367 e. The summed E-state index contributed by atoms with van der Waals surface area (Å²) in [5.41, 5.74) is 6.64. The second-order valence-electron chi connectivity index (χ2n) is 4.08. The molecule has 0 heterocycles. The summed E-state index contributed by atoms with van der Waals surface area (Å²) < 4.78 is 42.2. The molecule has 17 heavy (non-hydrogen) atoms. The average Bonchev–Trinajstić information content (AvgIpc) is 2.18. The molecule has 0 amide bonds. The first-order valence-electron chi connectivity index (χ1n) is 5.28. The van der Waals surface area contributed by atoms with Crippen molar-refractivity contribution in [3.05, 3.63) is 35.4 Å². The van der Waals surface area contributed by atoms with Crippen molar-refractivity contribution in [2.45, 2.75) is 31.7 Å². The molecule has 0 fully saturated rings. The number of halogens is 3. The van der Waals surface area contributed by atoms with E-state index in [1.165, 1.54) is 12.1 Å². The van der Waals surface area contributed by atoms with Gasteiger partial charge in [0.15, 0.2) is 6.10 Å². The zero-order valence-electron chi connectivity index (χ0n) is 9.79. The molecule has 0 saturated heterocycles. The lowest BCUT2D eigenvalue weighted by atomic mass is 10.0. The van der Waals surface area contributed by atoms with Gasteiger partial charge in [0.1, 0.15) is 0 Å². The Balaban J connectivity index is 2.86. The van der Waals surface area contributed by atoms with Crippen LogP contribution in [-0.4, -0.2) is 19.3 Å². The van der Waals surface area contributed by atoms with Crippen LogP contribution in [0.4, 0.5) is 13.2 Å². The SMILES string of the molecule is COC(c1ccc(CC(C)N)cc1)C(F)(F)F. The quantitative estimate of drug-likeness (QED) is 0.888. The van der Waals surface area contributed by atoms with Gasteiger partial charge in [0.25, 0.3) is 0 Å². The minimum atomic E-state index is -4.39. The Morgan fingerprint density at radius 1 is 1.24 bits per heavy atom. The van der Waals surface area contributed by atoms with Gasteiger partial charge < -0.3 is 10.5 Å². The summed E-state index contributed by atoms with van der Waals surface area (Å²) >= 11 is 0. The van der Waals surface area contributed by atoms with Crippen LogP contribution in [0.3, 0.4) is 0 Å².